The molecule has 0 bridgehead atoms. The highest BCUT2D eigenvalue weighted by atomic mass is 14.6. The van der Waals surface area contributed by atoms with Crippen molar-refractivity contribution in [3.63, 3.8) is 0 Å². The van der Waals surface area contributed by atoms with Crippen molar-refractivity contribution in [2.45, 2.75) is 45.6 Å². The summed E-state index contributed by atoms with van der Waals surface area (Å²) in [6.07, 6.45) is 4.24. The van der Waals surface area contributed by atoms with Crippen LogP contribution in [0, 0.1) is 0 Å². The first kappa shape index (κ1) is 18.4. The largest absolute Gasteiger partial charge is 0.324 e. The summed E-state index contributed by atoms with van der Waals surface area (Å²) < 4.78 is 0. The fraction of sp³-hybridized carbons (Fsp3) is 0.280. The maximum Gasteiger partial charge on any atom is 0.0292 e. The predicted molar refractivity (Wildman–Crippen MR) is 112 cm³/mol. The fourth-order valence-corrected chi connectivity index (χ4v) is 3.25. The Morgan fingerprint density at radius 3 is 1.50 bits per heavy atom. The van der Waals surface area contributed by atoms with Crippen LogP contribution in [0.2, 0.25) is 0 Å². The van der Waals surface area contributed by atoms with Crippen molar-refractivity contribution in [1.82, 2.24) is 0 Å². The lowest BCUT2D eigenvalue weighted by molar-refractivity contribution is 0.699. The minimum Gasteiger partial charge on any atom is -0.324 e. The van der Waals surface area contributed by atoms with E-state index in [1.54, 1.807) is 0 Å². The predicted octanol–water partition coefficient (Wildman–Crippen LogP) is 6.11. The Hall–Kier alpha value is -2.38. The van der Waals surface area contributed by atoms with Crippen LogP contribution in [-0.4, -0.2) is 0 Å². The molecule has 0 saturated carbocycles. The summed E-state index contributed by atoms with van der Waals surface area (Å²) in [6.45, 7) is 4.32. The number of nitrogens with two attached hydrogens (primary N) is 1. The molecule has 0 saturated heterocycles. The number of rotatable bonds is 7. The molecule has 134 valence electrons. The van der Waals surface area contributed by atoms with Gasteiger partial charge in [-0.15, -0.1) is 0 Å². The molecule has 0 aliphatic rings. The molecule has 1 atom stereocenters. The third-order valence-corrected chi connectivity index (χ3v) is 5.20. The van der Waals surface area contributed by atoms with Crippen molar-refractivity contribution in [2.24, 2.45) is 5.73 Å². The van der Waals surface area contributed by atoms with E-state index in [9.17, 15) is 0 Å². The van der Waals surface area contributed by atoms with Crippen LogP contribution in [-0.2, 0) is 19.3 Å². The number of hydrogen-bond donors (Lipinski definition) is 1. The average Bonchev–Trinajstić information content (AvgIpc) is 2.72. The van der Waals surface area contributed by atoms with Gasteiger partial charge in [-0.3, -0.25) is 0 Å². The summed E-state index contributed by atoms with van der Waals surface area (Å²) in [7, 11) is 0. The molecule has 2 N–H and O–H groups in total. The Morgan fingerprint density at radius 1 is 0.615 bits per heavy atom. The van der Waals surface area contributed by atoms with Crippen molar-refractivity contribution in [3.05, 3.63) is 95.1 Å². The van der Waals surface area contributed by atoms with E-state index in [-0.39, 0.29) is 6.04 Å². The molecule has 0 amide bonds. The zero-order chi connectivity index (χ0) is 18.4. The molecule has 3 aromatic rings. The van der Waals surface area contributed by atoms with E-state index < -0.39 is 0 Å². The van der Waals surface area contributed by atoms with Gasteiger partial charge in [-0.1, -0.05) is 86.6 Å². The number of hydrogen-bond acceptors (Lipinski definition) is 1. The quantitative estimate of drug-likeness (QED) is 0.550. The van der Waals surface area contributed by atoms with Crippen molar-refractivity contribution < 1.29 is 0 Å². The highest BCUT2D eigenvalue weighted by Crippen LogP contribution is 2.23. The minimum absolute atomic E-state index is 0.137. The van der Waals surface area contributed by atoms with Crippen LogP contribution in [0.3, 0.4) is 0 Å². The molecule has 0 fully saturated rings. The maximum atomic E-state index is 6.10. The molecule has 0 radical (unpaired) electrons. The third-order valence-electron chi connectivity index (χ3n) is 5.20. The van der Waals surface area contributed by atoms with Gasteiger partial charge in [0.25, 0.3) is 0 Å². The fourth-order valence-electron chi connectivity index (χ4n) is 3.25. The Labute approximate surface area is 157 Å². The van der Waals surface area contributed by atoms with E-state index in [1.807, 2.05) is 0 Å². The Morgan fingerprint density at radius 2 is 1.04 bits per heavy atom. The lowest BCUT2D eigenvalue weighted by Gasteiger charge is -2.10. The topological polar surface area (TPSA) is 26.0 Å². The molecule has 0 aliphatic carbocycles. The van der Waals surface area contributed by atoms with Gasteiger partial charge in [-0.05, 0) is 59.1 Å². The maximum absolute atomic E-state index is 6.10. The Kier molecular flexibility index (Phi) is 6.25. The molecule has 3 aromatic carbocycles. The summed E-state index contributed by atoms with van der Waals surface area (Å²) in [4.78, 5) is 0. The van der Waals surface area contributed by atoms with E-state index in [0.29, 0.717) is 0 Å². The van der Waals surface area contributed by atoms with Crippen LogP contribution in [0.15, 0.2) is 72.8 Å². The second-order valence-electron chi connectivity index (χ2n) is 7.00. The molecule has 1 unspecified atom stereocenters. The highest BCUT2D eigenvalue weighted by Gasteiger charge is 2.04. The van der Waals surface area contributed by atoms with Crippen molar-refractivity contribution in [1.29, 1.82) is 0 Å². The first-order valence-electron chi connectivity index (χ1n) is 9.72. The highest BCUT2D eigenvalue weighted by molar-refractivity contribution is 5.64. The van der Waals surface area contributed by atoms with Gasteiger partial charge in [0.1, 0.15) is 0 Å². The van der Waals surface area contributed by atoms with Crippen molar-refractivity contribution in [3.8, 4) is 11.1 Å². The summed E-state index contributed by atoms with van der Waals surface area (Å²) in [6, 6.07) is 26.7. The molecule has 0 heterocycles. The van der Waals surface area contributed by atoms with Crippen molar-refractivity contribution in [2.75, 3.05) is 0 Å². The van der Waals surface area contributed by atoms with Gasteiger partial charge in [0, 0.05) is 6.04 Å². The SMILES string of the molecule is CCc1ccc(CCc2ccc(-c3ccc(C(N)CC)cc3)cc2)cc1. The second-order valence-corrected chi connectivity index (χ2v) is 7.00. The lowest BCUT2D eigenvalue weighted by Crippen LogP contribution is -2.08. The van der Waals surface area contributed by atoms with E-state index in [4.69, 9.17) is 5.73 Å². The van der Waals surface area contributed by atoms with E-state index in [1.165, 1.54) is 33.4 Å². The summed E-state index contributed by atoms with van der Waals surface area (Å²) >= 11 is 0. The Bertz CT molecular complexity index is 798. The molecule has 1 heteroatoms. The zero-order valence-electron chi connectivity index (χ0n) is 15.9. The van der Waals surface area contributed by atoms with E-state index in [2.05, 4.69) is 86.6 Å². The smallest absolute Gasteiger partial charge is 0.0292 e. The van der Waals surface area contributed by atoms with Gasteiger partial charge in [-0.2, -0.15) is 0 Å². The molecular weight excluding hydrogens is 314 g/mol. The van der Waals surface area contributed by atoms with Crippen LogP contribution in [0.25, 0.3) is 11.1 Å². The Balaban J connectivity index is 1.62. The van der Waals surface area contributed by atoms with Crippen LogP contribution in [0.4, 0.5) is 0 Å². The minimum atomic E-state index is 0.137. The molecular formula is C25H29N. The van der Waals surface area contributed by atoms with E-state index >= 15 is 0 Å². The molecule has 3 rings (SSSR count). The monoisotopic (exact) mass is 343 g/mol. The van der Waals surface area contributed by atoms with Crippen molar-refractivity contribution >= 4 is 0 Å². The average molecular weight is 344 g/mol. The third kappa shape index (κ3) is 4.62. The van der Waals surface area contributed by atoms with E-state index in [0.717, 1.165) is 25.7 Å². The number of aryl methyl sites for hydroxylation is 3. The van der Waals surface area contributed by atoms with Crippen LogP contribution < -0.4 is 5.73 Å². The van der Waals surface area contributed by atoms with Crippen LogP contribution in [0.5, 0.6) is 0 Å². The summed E-state index contributed by atoms with van der Waals surface area (Å²) in [5.74, 6) is 0. The normalized spacial score (nSPS) is 12.1. The van der Waals surface area contributed by atoms with Crippen LogP contribution >= 0.6 is 0 Å². The van der Waals surface area contributed by atoms with Gasteiger partial charge < -0.3 is 5.73 Å². The molecule has 0 aliphatic heterocycles. The van der Waals surface area contributed by atoms with Gasteiger partial charge in [-0.25, -0.2) is 0 Å². The zero-order valence-corrected chi connectivity index (χ0v) is 15.9. The van der Waals surface area contributed by atoms with Crippen LogP contribution in [0.1, 0.15) is 48.6 Å². The first-order valence-corrected chi connectivity index (χ1v) is 9.72. The summed E-state index contributed by atoms with van der Waals surface area (Å²) in [5, 5.41) is 0. The van der Waals surface area contributed by atoms with Gasteiger partial charge in [0.05, 0.1) is 0 Å². The number of benzene rings is 3. The second kappa shape index (κ2) is 8.82. The lowest BCUT2D eigenvalue weighted by atomic mass is 9.98. The molecule has 0 spiro atoms. The summed E-state index contributed by atoms with van der Waals surface area (Å²) in [5.41, 5.74) is 14.0. The first-order chi connectivity index (χ1) is 12.7. The standard InChI is InChI=1S/C25H29N/c1-3-19-5-7-20(8-6-19)9-10-21-11-13-22(14-12-21)23-15-17-24(18-16-23)25(26)4-2/h5-8,11-18,25H,3-4,9-10,26H2,1-2H3. The molecule has 1 nitrogen and oxygen atoms in total. The van der Waals surface area contributed by atoms with Gasteiger partial charge in [0.2, 0.25) is 0 Å². The molecule has 26 heavy (non-hydrogen) atoms. The van der Waals surface area contributed by atoms with Gasteiger partial charge in [0.15, 0.2) is 0 Å². The van der Waals surface area contributed by atoms with Gasteiger partial charge >= 0.3 is 0 Å². The molecule has 0 aromatic heterocycles.